The van der Waals surface area contributed by atoms with Crippen molar-refractivity contribution in [2.75, 3.05) is 27.4 Å². The SMILES string of the molecule is CCOC(=O)c1c(N=Cc2cc(Br)c(OC)cc2OC)sc2c1CCN(Cc1ccccc1)C2. The van der Waals surface area contributed by atoms with Gasteiger partial charge in [-0.1, -0.05) is 30.3 Å². The first-order valence-electron chi connectivity index (χ1n) is 11.1. The van der Waals surface area contributed by atoms with Crippen LogP contribution in [0.5, 0.6) is 11.5 Å². The minimum absolute atomic E-state index is 0.313. The molecule has 6 nitrogen and oxygen atoms in total. The lowest BCUT2D eigenvalue weighted by molar-refractivity contribution is 0.0526. The molecule has 1 aromatic heterocycles. The molecule has 0 bridgehead atoms. The number of esters is 1. The number of ether oxygens (including phenoxy) is 3. The third-order valence-corrected chi connectivity index (χ3v) is 7.42. The van der Waals surface area contributed by atoms with E-state index in [1.54, 1.807) is 37.8 Å². The van der Waals surface area contributed by atoms with Gasteiger partial charge in [-0.25, -0.2) is 9.79 Å². The predicted octanol–water partition coefficient (Wildman–Crippen LogP) is 6.01. The number of hydrogen-bond donors (Lipinski definition) is 0. The second-order valence-electron chi connectivity index (χ2n) is 7.84. The summed E-state index contributed by atoms with van der Waals surface area (Å²) in [5, 5.41) is 0.666. The van der Waals surface area contributed by atoms with Gasteiger partial charge in [-0.15, -0.1) is 11.3 Å². The zero-order valence-corrected chi connectivity index (χ0v) is 21.9. The highest BCUT2D eigenvalue weighted by Gasteiger charge is 2.28. The van der Waals surface area contributed by atoms with Crippen LogP contribution in [0, 0.1) is 0 Å². The van der Waals surface area contributed by atoms with Gasteiger partial charge in [0.2, 0.25) is 0 Å². The predicted molar refractivity (Wildman–Crippen MR) is 139 cm³/mol. The van der Waals surface area contributed by atoms with Crippen molar-refractivity contribution >= 4 is 44.5 Å². The van der Waals surface area contributed by atoms with Crippen LogP contribution in [0.25, 0.3) is 0 Å². The summed E-state index contributed by atoms with van der Waals surface area (Å²) in [4.78, 5) is 21.2. The number of methoxy groups -OCH3 is 2. The Labute approximate surface area is 212 Å². The zero-order valence-electron chi connectivity index (χ0n) is 19.5. The van der Waals surface area contributed by atoms with Gasteiger partial charge in [-0.3, -0.25) is 4.90 Å². The molecule has 178 valence electrons. The van der Waals surface area contributed by atoms with Crippen molar-refractivity contribution in [1.82, 2.24) is 4.90 Å². The van der Waals surface area contributed by atoms with E-state index in [9.17, 15) is 4.79 Å². The number of carbonyl (C=O) groups excluding carboxylic acids is 1. The Balaban J connectivity index is 1.65. The van der Waals surface area contributed by atoms with E-state index >= 15 is 0 Å². The summed E-state index contributed by atoms with van der Waals surface area (Å²) in [7, 11) is 3.21. The van der Waals surface area contributed by atoms with E-state index in [-0.39, 0.29) is 5.97 Å². The van der Waals surface area contributed by atoms with Gasteiger partial charge in [0, 0.05) is 42.4 Å². The molecule has 8 heteroatoms. The van der Waals surface area contributed by atoms with Crippen molar-refractivity contribution in [3.05, 3.63) is 74.1 Å². The fourth-order valence-electron chi connectivity index (χ4n) is 4.04. The number of hydrogen-bond acceptors (Lipinski definition) is 7. The molecule has 0 saturated carbocycles. The molecule has 0 spiro atoms. The van der Waals surface area contributed by atoms with Crippen molar-refractivity contribution in [1.29, 1.82) is 0 Å². The third-order valence-electron chi connectivity index (χ3n) is 5.67. The molecule has 0 fully saturated rings. The smallest absolute Gasteiger partial charge is 0.341 e. The van der Waals surface area contributed by atoms with Crippen LogP contribution < -0.4 is 9.47 Å². The van der Waals surface area contributed by atoms with Gasteiger partial charge in [0.25, 0.3) is 0 Å². The van der Waals surface area contributed by atoms with E-state index in [0.29, 0.717) is 28.7 Å². The first-order valence-corrected chi connectivity index (χ1v) is 12.7. The minimum Gasteiger partial charge on any atom is -0.496 e. The monoisotopic (exact) mass is 542 g/mol. The van der Waals surface area contributed by atoms with Crippen molar-refractivity contribution in [3.63, 3.8) is 0 Å². The highest BCUT2D eigenvalue weighted by molar-refractivity contribution is 9.10. The van der Waals surface area contributed by atoms with Crippen molar-refractivity contribution in [3.8, 4) is 11.5 Å². The normalized spacial score (nSPS) is 13.6. The molecule has 0 atom stereocenters. The van der Waals surface area contributed by atoms with Crippen molar-refractivity contribution < 1.29 is 19.0 Å². The van der Waals surface area contributed by atoms with Gasteiger partial charge in [0.1, 0.15) is 16.5 Å². The lowest BCUT2D eigenvalue weighted by Gasteiger charge is -2.27. The lowest BCUT2D eigenvalue weighted by atomic mass is 10.0. The number of halogens is 1. The maximum Gasteiger partial charge on any atom is 0.341 e. The molecule has 0 amide bonds. The maximum absolute atomic E-state index is 12.9. The average Bonchev–Trinajstić information content (AvgIpc) is 3.21. The quantitative estimate of drug-likeness (QED) is 0.257. The summed E-state index contributed by atoms with van der Waals surface area (Å²) in [5.41, 5.74) is 3.71. The molecule has 34 heavy (non-hydrogen) atoms. The molecule has 3 aromatic rings. The second kappa shape index (κ2) is 11.2. The van der Waals surface area contributed by atoms with Crippen LogP contribution in [0.2, 0.25) is 0 Å². The largest absolute Gasteiger partial charge is 0.496 e. The standard InChI is InChI=1S/C26H27BrN2O4S/c1-4-33-26(30)24-19-10-11-29(15-17-8-6-5-7-9-17)16-23(19)34-25(24)28-14-18-12-20(27)22(32-3)13-21(18)31-2/h5-9,12-14H,4,10-11,15-16H2,1-3H3. The number of carbonyl (C=O) groups is 1. The molecule has 0 unspecified atom stereocenters. The number of aliphatic imine (C=N–C) groups is 1. The lowest BCUT2D eigenvalue weighted by Crippen LogP contribution is -2.29. The Hall–Kier alpha value is -2.68. The first kappa shape index (κ1) is 24.4. The third kappa shape index (κ3) is 5.35. The molecular formula is C26H27BrN2O4S. The highest BCUT2D eigenvalue weighted by Crippen LogP contribution is 2.40. The van der Waals surface area contributed by atoms with E-state index in [4.69, 9.17) is 19.2 Å². The van der Waals surface area contributed by atoms with Crippen LogP contribution in [-0.2, 0) is 24.2 Å². The van der Waals surface area contributed by atoms with Gasteiger partial charge in [-0.05, 0) is 46.5 Å². The Bertz CT molecular complexity index is 1190. The number of fused-ring (bicyclic) bond motifs is 1. The Morgan fingerprint density at radius 3 is 2.65 bits per heavy atom. The molecule has 2 heterocycles. The maximum atomic E-state index is 12.9. The molecule has 0 saturated heterocycles. The van der Waals surface area contributed by atoms with E-state index < -0.39 is 0 Å². The van der Waals surface area contributed by atoms with Crippen LogP contribution in [-0.4, -0.2) is 44.5 Å². The molecule has 1 aliphatic rings. The van der Waals surface area contributed by atoms with Gasteiger partial charge in [0.05, 0.1) is 30.9 Å². The topological polar surface area (TPSA) is 60.4 Å². The summed E-state index contributed by atoms with van der Waals surface area (Å²) < 4.78 is 17.1. The summed E-state index contributed by atoms with van der Waals surface area (Å²) >= 11 is 5.07. The molecule has 0 N–H and O–H groups in total. The molecular weight excluding hydrogens is 516 g/mol. The fraction of sp³-hybridized carbons (Fsp3) is 0.308. The van der Waals surface area contributed by atoms with E-state index in [0.717, 1.165) is 41.7 Å². The van der Waals surface area contributed by atoms with E-state index in [2.05, 4.69) is 45.1 Å². The molecule has 0 radical (unpaired) electrons. The Kier molecular flexibility index (Phi) is 8.03. The van der Waals surface area contributed by atoms with Gasteiger partial charge in [0.15, 0.2) is 0 Å². The number of benzene rings is 2. The van der Waals surface area contributed by atoms with Gasteiger partial charge < -0.3 is 14.2 Å². The van der Waals surface area contributed by atoms with Crippen LogP contribution >= 0.6 is 27.3 Å². The molecule has 2 aromatic carbocycles. The highest BCUT2D eigenvalue weighted by atomic mass is 79.9. The zero-order chi connectivity index (χ0) is 24.1. The minimum atomic E-state index is -0.313. The molecule has 1 aliphatic heterocycles. The Morgan fingerprint density at radius 1 is 1.18 bits per heavy atom. The molecule has 4 rings (SSSR count). The van der Waals surface area contributed by atoms with E-state index in [1.165, 1.54) is 10.4 Å². The summed E-state index contributed by atoms with van der Waals surface area (Å²) in [6.07, 6.45) is 2.52. The molecule has 0 aliphatic carbocycles. The second-order valence-corrected chi connectivity index (χ2v) is 9.78. The summed E-state index contributed by atoms with van der Waals surface area (Å²) in [5.74, 6) is 0.995. The number of nitrogens with zero attached hydrogens (tertiary/aromatic N) is 2. The number of thiophene rings is 1. The Morgan fingerprint density at radius 2 is 1.94 bits per heavy atom. The first-order chi connectivity index (χ1) is 16.5. The van der Waals surface area contributed by atoms with Crippen molar-refractivity contribution in [2.45, 2.75) is 26.4 Å². The van der Waals surface area contributed by atoms with Crippen molar-refractivity contribution in [2.24, 2.45) is 4.99 Å². The van der Waals surface area contributed by atoms with Gasteiger partial charge in [-0.2, -0.15) is 0 Å². The fourth-order valence-corrected chi connectivity index (χ4v) is 5.78. The van der Waals surface area contributed by atoms with Crippen LogP contribution in [0.1, 0.15) is 38.8 Å². The van der Waals surface area contributed by atoms with Crippen LogP contribution in [0.4, 0.5) is 5.00 Å². The summed E-state index contributed by atoms with van der Waals surface area (Å²) in [6, 6.07) is 14.1. The van der Waals surface area contributed by atoms with E-state index in [1.807, 2.05) is 19.1 Å². The summed E-state index contributed by atoms with van der Waals surface area (Å²) in [6.45, 7) is 4.69. The van der Waals surface area contributed by atoms with Crippen LogP contribution in [0.15, 0.2) is 51.9 Å². The van der Waals surface area contributed by atoms with Crippen LogP contribution in [0.3, 0.4) is 0 Å². The van der Waals surface area contributed by atoms with Gasteiger partial charge >= 0.3 is 5.97 Å². The average molecular weight is 543 g/mol. The number of rotatable bonds is 8.